The molecule has 0 saturated heterocycles. The van der Waals surface area contributed by atoms with Crippen molar-refractivity contribution in [1.82, 2.24) is 5.32 Å². The van der Waals surface area contributed by atoms with Crippen molar-refractivity contribution in [2.75, 3.05) is 11.9 Å². The van der Waals surface area contributed by atoms with Crippen LogP contribution in [0.3, 0.4) is 0 Å². The van der Waals surface area contributed by atoms with E-state index in [1.807, 2.05) is 19.1 Å². The number of hydrogen-bond donors (Lipinski definition) is 2. The molecule has 120 valence electrons. The molecule has 1 saturated carbocycles. The molecule has 3 rings (SSSR count). The number of carbonyl (C=O) groups excluding carboxylic acids is 1. The molecule has 0 spiro atoms. The Labute approximate surface area is 139 Å². The summed E-state index contributed by atoms with van der Waals surface area (Å²) in [5.41, 5.74) is 2.50. The highest BCUT2D eigenvalue weighted by atomic mass is 35.5. The third-order valence-electron chi connectivity index (χ3n) is 4.15. The summed E-state index contributed by atoms with van der Waals surface area (Å²) in [5.74, 6) is -0.350. The Morgan fingerprint density at radius 1 is 1.22 bits per heavy atom. The van der Waals surface area contributed by atoms with E-state index in [-0.39, 0.29) is 23.8 Å². The molecular weight excluding hydrogens is 315 g/mol. The second-order valence-corrected chi connectivity index (χ2v) is 6.39. The van der Waals surface area contributed by atoms with Crippen molar-refractivity contribution >= 4 is 23.2 Å². The minimum Gasteiger partial charge on any atom is -0.376 e. The molecule has 0 atom stereocenters. The van der Waals surface area contributed by atoms with Crippen molar-refractivity contribution in [3.63, 3.8) is 0 Å². The zero-order chi connectivity index (χ0) is 16.4. The maximum absolute atomic E-state index is 13.0. The molecule has 1 fully saturated rings. The Bertz CT molecular complexity index is 726. The van der Waals surface area contributed by atoms with Gasteiger partial charge in [0.1, 0.15) is 5.82 Å². The van der Waals surface area contributed by atoms with E-state index in [2.05, 4.69) is 10.6 Å². The second-order valence-electron chi connectivity index (χ2n) is 5.95. The molecule has 0 unspecified atom stereocenters. The van der Waals surface area contributed by atoms with Gasteiger partial charge in [-0.05, 0) is 61.2 Å². The predicted molar refractivity (Wildman–Crippen MR) is 90.1 cm³/mol. The van der Waals surface area contributed by atoms with E-state index < -0.39 is 0 Å². The molecule has 0 aromatic heterocycles. The third-order valence-corrected chi connectivity index (χ3v) is 4.39. The first-order valence-electron chi connectivity index (χ1n) is 7.56. The van der Waals surface area contributed by atoms with Gasteiger partial charge < -0.3 is 10.6 Å². The lowest BCUT2D eigenvalue weighted by molar-refractivity contribution is -0.120. The van der Waals surface area contributed by atoms with Crippen LogP contribution in [0.25, 0.3) is 0 Å². The van der Waals surface area contributed by atoms with Crippen LogP contribution in [-0.2, 0) is 10.3 Å². The largest absolute Gasteiger partial charge is 0.376 e. The Hall–Kier alpha value is -2.07. The Morgan fingerprint density at radius 2 is 1.91 bits per heavy atom. The summed E-state index contributed by atoms with van der Waals surface area (Å²) in [5, 5.41) is 6.85. The van der Waals surface area contributed by atoms with Crippen LogP contribution in [0, 0.1) is 12.7 Å². The first-order valence-corrected chi connectivity index (χ1v) is 7.93. The highest BCUT2D eigenvalue weighted by molar-refractivity contribution is 6.30. The lowest BCUT2D eigenvalue weighted by Crippen LogP contribution is -2.38. The van der Waals surface area contributed by atoms with Crippen molar-refractivity contribution in [3.05, 3.63) is 64.4 Å². The number of carbonyl (C=O) groups is 1. The molecule has 23 heavy (non-hydrogen) atoms. The quantitative estimate of drug-likeness (QED) is 0.868. The van der Waals surface area contributed by atoms with Crippen LogP contribution in [0.5, 0.6) is 0 Å². The normalized spacial score (nSPS) is 15.1. The maximum atomic E-state index is 13.0. The molecule has 5 heteroatoms. The number of aryl methyl sites for hydroxylation is 1. The van der Waals surface area contributed by atoms with Crippen LogP contribution in [-0.4, -0.2) is 12.5 Å². The average Bonchev–Trinajstić information content (AvgIpc) is 3.27. The minimum atomic E-state index is -0.332. The van der Waals surface area contributed by atoms with Crippen LogP contribution in [0.4, 0.5) is 10.1 Å². The van der Waals surface area contributed by atoms with Crippen molar-refractivity contribution in [1.29, 1.82) is 0 Å². The fraction of sp³-hybridized carbons (Fsp3) is 0.278. The number of anilines is 1. The summed E-state index contributed by atoms with van der Waals surface area (Å²) in [6, 6.07) is 11.8. The van der Waals surface area contributed by atoms with Crippen molar-refractivity contribution in [2.24, 2.45) is 0 Å². The number of nitrogens with one attached hydrogen (secondary N) is 2. The monoisotopic (exact) mass is 332 g/mol. The van der Waals surface area contributed by atoms with E-state index in [0.29, 0.717) is 5.02 Å². The van der Waals surface area contributed by atoms with Crippen molar-refractivity contribution < 1.29 is 9.18 Å². The molecule has 0 heterocycles. The summed E-state index contributed by atoms with van der Waals surface area (Å²) < 4.78 is 13.0. The van der Waals surface area contributed by atoms with E-state index in [1.54, 1.807) is 18.2 Å². The number of rotatable bonds is 5. The highest BCUT2D eigenvalue weighted by Gasteiger charge is 2.45. The standard InChI is InChI=1S/C18H18ClFN2O/c1-12-10-14(19)4-7-16(12)21-11-17(23)22-18(8-9-18)13-2-5-15(20)6-3-13/h2-7,10,21H,8-9,11H2,1H3,(H,22,23). The van der Waals surface area contributed by atoms with Gasteiger partial charge in [0.05, 0.1) is 12.1 Å². The zero-order valence-corrected chi connectivity index (χ0v) is 13.6. The van der Waals surface area contributed by atoms with Crippen LogP contribution in [0.1, 0.15) is 24.0 Å². The highest BCUT2D eigenvalue weighted by Crippen LogP contribution is 2.45. The van der Waals surface area contributed by atoms with Crippen LogP contribution in [0.2, 0.25) is 5.02 Å². The predicted octanol–water partition coefficient (Wildman–Crippen LogP) is 4.00. The Balaban J connectivity index is 1.60. The topological polar surface area (TPSA) is 41.1 Å². The first kappa shape index (κ1) is 15.8. The Kier molecular flexibility index (Phi) is 4.26. The fourth-order valence-corrected chi connectivity index (χ4v) is 2.92. The molecule has 2 aromatic rings. The third kappa shape index (κ3) is 3.64. The van der Waals surface area contributed by atoms with Crippen LogP contribution < -0.4 is 10.6 Å². The number of halogens is 2. The second kappa shape index (κ2) is 6.20. The van der Waals surface area contributed by atoms with Gasteiger partial charge in [-0.25, -0.2) is 4.39 Å². The molecule has 2 aromatic carbocycles. The first-order chi connectivity index (χ1) is 11.0. The number of amides is 1. The zero-order valence-electron chi connectivity index (χ0n) is 12.8. The molecule has 1 amide bonds. The van der Waals surface area contributed by atoms with Gasteiger partial charge in [-0.2, -0.15) is 0 Å². The summed E-state index contributed by atoms with van der Waals surface area (Å²) in [4.78, 5) is 12.2. The summed E-state index contributed by atoms with van der Waals surface area (Å²) in [6.45, 7) is 2.12. The minimum absolute atomic E-state index is 0.0822. The molecule has 3 nitrogen and oxygen atoms in total. The van der Waals surface area contributed by atoms with Gasteiger partial charge in [-0.1, -0.05) is 23.7 Å². The van der Waals surface area contributed by atoms with Gasteiger partial charge in [-0.3, -0.25) is 4.79 Å². The SMILES string of the molecule is Cc1cc(Cl)ccc1NCC(=O)NC1(c2ccc(F)cc2)CC1. The summed E-state index contributed by atoms with van der Waals surface area (Å²) in [7, 11) is 0. The van der Waals surface area contributed by atoms with Crippen molar-refractivity contribution in [2.45, 2.75) is 25.3 Å². The van der Waals surface area contributed by atoms with E-state index >= 15 is 0 Å². The molecule has 0 aliphatic heterocycles. The average molecular weight is 333 g/mol. The Morgan fingerprint density at radius 3 is 2.52 bits per heavy atom. The molecule has 1 aliphatic rings. The van der Waals surface area contributed by atoms with Gasteiger partial charge in [0.15, 0.2) is 0 Å². The van der Waals surface area contributed by atoms with E-state index in [0.717, 1.165) is 29.7 Å². The van der Waals surface area contributed by atoms with E-state index in [9.17, 15) is 9.18 Å². The molecule has 2 N–H and O–H groups in total. The van der Waals surface area contributed by atoms with Crippen LogP contribution in [0.15, 0.2) is 42.5 Å². The van der Waals surface area contributed by atoms with Crippen LogP contribution >= 0.6 is 11.6 Å². The van der Waals surface area contributed by atoms with Gasteiger partial charge in [0, 0.05) is 10.7 Å². The lowest BCUT2D eigenvalue weighted by atomic mass is 10.0. The lowest BCUT2D eigenvalue weighted by Gasteiger charge is -2.19. The number of hydrogen-bond acceptors (Lipinski definition) is 2. The summed E-state index contributed by atoms with van der Waals surface area (Å²) >= 11 is 5.92. The van der Waals surface area contributed by atoms with Gasteiger partial charge in [-0.15, -0.1) is 0 Å². The molecular formula is C18H18ClFN2O. The molecule has 0 bridgehead atoms. The van der Waals surface area contributed by atoms with E-state index in [1.165, 1.54) is 12.1 Å². The maximum Gasteiger partial charge on any atom is 0.239 e. The van der Waals surface area contributed by atoms with E-state index in [4.69, 9.17) is 11.6 Å². The summed E-state index contributed by atoms with van der Waals surface area (Å²) in [6.07, 6.45) is 1.76. The molecule has 1 aliphatic carbocycles. The fourth-order valence-electron chi connectivity index (χ4n) is 2.69. The van der Waals surface area contributed by atoms with Gasteiger partial charge in [0.2, 0.25) is 5.91 Å². The van der Waals surface area contributed by atoms with Crippen molar-refractivity contribution in [3.8, 4) is 0 Å². The number of benzene rings is 2. The smallest absolute Gasteiger partial charge is 0.239 e. The van der Waals surface area contributed by atoms with Gasteiger partial charge in [0.25, 0.3) is 0 Å². The van der Waals surface area contributed by atoms with Gasteiger partial charge >= 0.3 is 0 Å². The molecule has 0 radical (unpaired) electrons.